The van der Waals surface area contributed by atoms with E-state index in [1.165, 1.54) is 19.2 Å². The van der Waals surface area contributed by atoms with Gasteiger partial charge < -0.3 is 19.5 Å². The lowest BCUT2D eigenvalue weighted by Gasteiger charge is -2.34. The van der Waals surface area contributed by atoms with E-state index in [4.69, 9.17) is 9.26 Å². The third-order valence-electron chi connectivity index (χ3n) is 4.52. The number of nitrogens with zero attached hydrogens (tertiary/aromatic N) is 2. The van der Waals surface area contributed by atoms with E-state index in [2.05, 4.69) is 10.5 Å². The van der Waals surface area contributed by atoms with E-state index in [9.17, 15) is 13.2 Å². The molecule has 1 atom stereocenters. The summed E-state index contributed by atoms with van der Waals surface area (Å²) >= 11 is 0. The van der Waals surface area contributed by atoms with Gasteiger partial charge in [0.1, 0.15) is 16.4 Å². The molecule has 8 nitrogen and oxygen atoms in total. The third-order valence-corrected chi connectivity index (χ3v) is 6.17. The van der Waals surface area contributed by atoms with Crippen LogP contribution in [0.5, 0.6) is 5.75 Å². The second-order valence-corrected chi connectivity index (χ2v) is 8.57. The smallest absolute Gasteiger partial charge is 0.254 e. The van der Waals surface area contributed by atoms with Crippen LogP contribution in [0.2, 0.25) is 0 Å². The summed E-state index contributed by atoms with van der Waals surface area (Å²) in [4.78, 5) is 14.6. The number of sulfone groups is 1. The van der Waals surface area contributed by atoms with Crippen molar-refractivity contribution in [3.05, 3.63) is 41.3 Å². The van der Waals surface area contributed by atoms with Crippen LogP contribution in [-0.2, 0) is 15.6 Å². The predicted octanol–water partition coefficient (Wildman–Crippen LogP) is 1.40. The van der Waals surface area contributed by atoms with Crippen molar-refractivity contribution in [1.82, 2.24) is 15.4 Å². The Balaban J connectivity index is 1.94. The summed E-state index contributed by atoms with van der Waals surface area (Å²) in [5.74, 6) is -0.122. The maximum Gasteiger partial charge on any atom is 0.254 e. The van der Waals surface area contributed by atoms with Crippen LogP contribution in [0.15, 0.2) is 33.7 Å². The number of hydrogen-bond donors (Lipinski definition) is 1. The van der Waals surface area contributed by atoms with Crippen LogP contribution in [0, 0.1) is 6.92 Å². The zero-order chi connectivity index (χ0) is 19.6. The molecule has 146 valence electrons. The van der Waals surface area contributed by atoms with Crippen LogP contribution < -0.4 is 10.1 Å². The molecule has 1 aromatic carbocycles. The number of ether oxygens (including phenoxy) is 1. The number of amides is 1. The largest absolute Gasteiger partial charge is 0.495 e. The molecule has 1 aliphatic heterocycles. The maximum atomic E-state index is 12.9. The van der Waals surface area contributed by atoms with Crippen molar-refractivity contribution in [2.24, 2.45) is 0 Å². The van der Waals surface area contributed by atoms with Crippen LogP contribution in [0.4, 0.5) is 0 Å². The third kappa shape index (κ3) is 4.14. The van der Waals surface area contributed by atoms with Gasteiger partial charge in [-0.2, -0.15) is 0 Å². The predicted molar refractivity (Wildman–Crippen MR) is 98.5 cm³/mol. The summed E-state index contributed by atoms with van der Waals surface area (Å²) in [6, 6.07) is 6.09. The normalized spacial score (nSPS) is 17.7. The number of nitrogens with one attached hydrogen (secondary N) is 1. The quantitative estimate of drug-likeness (QED) is 0.819. The molecule has 1 aliphatic rings. The minimum Gasteiger partial charge on any atom is -0.495 e. The van der Waals surface area contributed by atoms with E-state index in [1.54, 1.807) is 24.0 Å². The van der Waals surface area contributed by atoms with E-state index < -0.39 is 9.84 Å². The number of aromatic nitrogens is 1. The summed E-state index contributed by atoms with van der Waals surface area (Å²) in [5, 5.41) is 6.94. The molecule has 1 fully saturated rings. The molecule has 0 unspecified atom stereocenters. The highest BCUT2D eigenvalue weighted by Crippen LogP contribution is 2.29. The molecule has 0 saturated carbocycles. The standard InChI is InChI=1S/C18H23N3O5S/c1-12-8-15(26-20-12)11-27(23,24)17-9-14(4-5-16(17)25-3)18(22)21-7-6-19-10-13(21)2/h4-5,8-9,13,19H,6-7,10-11H2,1-3H3/t13-/m0/s1. The van der Waals surface area contributed by atoms with Gasteiger partial charge in [0.2, 0.25) is 0 Å². The Bertz CT molecular complexity index is 938. The molecule has 1 amide bonds. The Morgan fingerprint density at radius 2 is 2.19 bits per heavy atom. The van der Waals surface area contributed by atoms with Crippen LogP contribution in [0.25, 0.3) is 0 Å². The average Bonchev–Trinajstić information content (AvgIpc) is 3.05. The molecular weight excluding hydrogens is 370 g/mol. The van der Waals surface area contributed by atoms with Crippen molar-refractivity contribution in [3.8, 4) is 5.75 Å². The maximum absolute atomic E-state index is 12.9. The molecule has 0 aliphatic carbocycles. The molecule has 1 N–H and O–H groups in total. The first-order valence-electron chi connectivity index (χ1n) is 8.66. The Morgan fingerprint density at radius 3 is 2.81 bits per heavy atom. The summed E-state index contributed by atoms with van der Waals surface area (Å²) in [7, 11) is -2.39. The van der Waals surface area contributed by atoms with Gasteiger partial charge >= 0.3 is 0 Å². The first kappa shape index (κ1) is 19.4. The van der Waals surface area contributed by atoms with E-state index in [1.807, 2.05) is 6.92 Å². The average molecular weight is 393 g/mol. The zero-order valence-corrected chi connectivity index (χ0v) is 16.4. The number of aryl methyl sites for hydroxylation is 1. The lowest BCUT2D eigenvalue weighted by Crippen LogP contribution is -2.52. The Kier molecular flexibility index (Phi) is 5.52. The minimum atomic E-state index is -3.78. The number of benzene rings is 1. The minimum absolute atomic E-state index is 0.0329. The van der Waals surface area contributed by atoms with Gasteiger partial charge in [-0.3, -0.25) is 4.79 Å². The molecule has 2 aromatic rings. The van der Waals surface area contributed by atoms with Gasteiger partial charge in [0, 0.05) is 37.3 Å². The van der Waals surface area contributed by atoms with Crippen LogP contribution in [0.1, 0.15) is 28.7 Å². The number of hydrogen-bond acceptors (Lipinski definition) is 7. The van der Waals surface area contributed by atoms with Gasteiger partial charge in [-0.25, -0.2) is 8.42 Å². The SMILES string of the molecule is COc1ccc(C(=O)N2CCNC[C@@H]2C)cc1S(=O)(=O)Cc1cc(C)no1. The fraction of sp³-hybridized carbons (Fsp3) is 0.444. The lowest BCUT2D eigenvalue weighted by atomic mass is 10.1. The molecular formula is C18H23N3O5S. The van der Waals surface area contributed by atoms with Crippen molar-refractivity contribution in [2.45, 2.75) is 30.5 Å². The monoisotopic (exact) mass is 393 g/mol. The molecule has 3 rings (SSSR count). The van der Waals surface area contributed by atoms with Gasteiger partial charge in [-0.15, -0.1) is 0 Å². The molecule has 1 aromatic heterocycles. The molecule has 2 heterocycles. The summed E-state index contributed by atoms with van der Waals surface area (Å²) < 4.78 is 36.1. The molecule has 0 spiro atoms. The Morgan fingerprint density at radius 1 is 1.41 bits per heavy atom. The number of piperazine rings is 1. The second kappa shape index (κ2) is 7.69. The Labute approximate surface area is 158 Å². The number of carbonyl (C=O) groups is 1. The fourth-order valence-electron chi connectivity index (χ4n) is 3.11. The van der Waals surface area contributed by atoms with Crippen molar-refractivity contribution < 1.29 is 22.5 Å². The number of carbonyl (C=O) groups excluding carboxylic acids is 1. The number of methoxy groups -OCH3 is 1. The molecule has 1 saturated heterocycles. The molecule has 9 heteroatoms. The van der Waals surface area contributed by atoms with E-state index in [0.29, 0.717) is 30.9 Å². The first-order chi connectivity index (χ1) is 12.8. The van der Waals surface area contributed by atoms with Crippen LogP contribution >= 0.6 is 0 Å². The highest BCUT2D eigenvalue weighted by atomic mass is 32.2. The topological polar surface area (TPSA) is 102 Å². The molecule has 0 radical (unpaired) electrons. The van der Waals surface area contributed by atoms with Gasteiger partial charge in [0.05, 0.1) is 12.8 Å². The van der Waals surface area contributed by atoms with Gasteiger partial charge in [-0.1, -0.05) is 5.16 Å². The summed E-state index contributed by atoms with van der Waals surface area (Å²) in [6.07, 6.45) is 0. The summed E-state index contributed by atoms with van der Waals surface area (Å²) in [5.41, 5.74) is 0.917. The van der Waals surface area contributed by atoms with Gasteiger partial charge in [-0.05, 0) is 32.0 Å². The Hall–Kier alpha value is -2.39. The highest BCUT2D eigenvalue weighted by molar-refractivity contribution is 7.90. The van der Waals surface area contributed by atoms with Gasteiger partial charge in [0.25, 0.3) is 5.91 Å². The summed E-state index contributed by atoms with van der Waals surface area (Å²) in [6.45, 7) is 5.66. The van der Waals surface area contributed by atoms with Crippen molar-refractivity contribution in [1.29, 1.82) is 0 Å². The van der Waals surface area contributed by atoms with E-state index in [-0.39, 0.29) is 34.1 Å². The number of rotatable bonds is 5. The lowest BCUT2D eigenvalue weighted by molar-refractivity contribution is 0.0655. The van der Waals surface area contributed by atoms with Gasteiger partial charge in [0.15, 0.2) is 15.6 Å². The van der Waals surface area contributed by atoms with Crippen LogP contribution in [0.3, 0.4) is 0 Å². The first-order valence-corrected chi connectivity index (χ1v) is 10.3. The van der Waals surface area contributed by atoms with Crippen molar-refractivity contribution >= 4 is 15.7 Å². The van der Waals surface area contributed by atoms with E-state index >= 15 is 0 Å². The van der Waals surface area contributed by atoms with E-state index in [0.717, 1.165) is 0 Å². The van der Waals surface area contributed by atoms with Crippen LogP contribution in [-0.4, -0.2) is 57.2 Å². The fourth-order valence-corrected chi connectivity index (χ4v) is 4.54. The molecule has 0 bridgehead atoms. The second-order valence-electron chi connectivity index (χ2n) is 6.61. The molecule has 27 heavy (non-hydrogen) atoms. The zero-order valence-electron chi connectivity index (χ0n) is 15.6. The highest BCUT2D eigenvalue weighted by Gasteiger charge is 2.28. The van der Waals surface area contributed by atoms with Crippen molar-refractivity contribution in [2.75, 3.05) is 26.7 Å². The van der Waals surface area contributed by atoms with Crippen molar-refractivity contribution in [3.63, 3.8) is 0 Å².